The highest BCUT2D eigenvalue weighted by atomic mass is 15.3. The monoisotopic (exact) mass is 325 g/mol. The number of imidazole rings is 1. The summed E-state index contributed by atoms with van der Waals surface area (Å²) in [5.41, 5.74) is 3.55. The molecule has 0 bridgehead atoms. The van der Waals surface area contributed by atoms with Crippen LogP contribution in [0.25, 0.3) is 17.0 Å². The molecule has 0 aliphatic carbocycles. The number of aromatic amines is 1. The summed E-state index contributed by atoms with van der Waals surface area (Å²) in [4.78, 5) is 8.92. The lowest BCUT2D eigenvalue weighted by Gasteiger charge is -2.08. The average molecular weight is 325 g/mol. The zero-order chi connectivity index (χ0) is 17.2. The maximum Gasteiger partial charge on any atom is 0.173 e. The summed E-state index contributed by atoms with van der Waals surface area (Å²) in [7, 11) is 0. The molecule has 0 spiro atoms. The van der Waals surface area contributed by atoms with Crippen LogP contribution >= 0.6 is 0 Å². The van der Waals surface area contributed by atoms with E-state index in [1.165, 1.54) is 0 Å². The Kier molecular flexibility index (Phi) is 3.38. The highest BCUT2D eigenvalue weighted by Gasteiger charge is 2.19. The first kappa shape index (κ1) is 14.5. The van der Waals surface area contributed by atoms with E-state index in [0.29, 0.717) is 34.0 Å². The SMILES string of the molecule is N#Cc1cccc(Nc2c(-c3ccccn3)nc3c(C#N)c[nH]n23)c1. The number of aromatic nitrogens is 4. The van der Waals surface area contributed by atoms with Crippen LogP contribution in [-0.4, -0.2) is 19.6 Å². The fourth-order valence-corrected chi connectivity index (χ4v) is 2.60. The molecule has 118 valence electrons. The van der Waals surface area contributed by atoms with Gasteiger partial charge in [0.1, 0.15) is 17.3 Å². The highest BCUT2D eigenvalue weighted by Crippen LogP contribution is 2.30. The molecule has 2 N–H and O–H groups in total. The Balaban J connectivity index is 1.90. The predicted octanol–water partition coefficient (Wildman–Crippen LogP) is 3.21. The molecule has 0 saturated carbocycles. The molecular weight excluding hydrogens is 314 g/mol. The Morgan fingerprint density at radius 3 is 2.76 bits per heavy atom. The Hall–Kier alpha value is -4.10. The van der Waals surface area contributed by atoms with Gasteiger partial charge in [0.25, 0.3) is 0 Å². The molecule has 0 radical (unpaired) electrons. The first-order valence-corrected chi connectivity index (χ1v) is 7.48. The number of nitrogens with one attached hydrogen (secondary N) is 2. The molecule has 3 aromatic heterocycles. The van der Waals surface area contributed by atoms with Crippen LogP contribution in [-0.2, 0) is 0 Å². The molecule has 1 aromatic carbocycles. The van der Waals surface area contributed by atoms with Gasteiger partial charge in [-0.25, -0.2) is 9.50 Å². The van der Waals surface area contributed by atoms with Gasteiger partial charge in [0, 0.05) is 18.1 Å². The van der Waals surface area contributed by atoms with E-state index in [-0.39, 0.29) is 0 Å². The molecule has 0 fully saturated rings. The minimum Gasteiger partial charge on any atom is -0.338 e. The third kappa shape index (κ3) is 2.46. The highest BCUT2D eigenvalue weighted by molar-refractivity contribution is 5.79. The molecule has 4 aromatic rings. The van der Waals surface area contributed by atoms with Crippen LogP contribution in [0, 0.1) is 22.7 Å². The van der Waals surface area contributed by atoms with Gasteiger partial charge in [0.15, 0.2) is 11.5 Å². The minimum absolute atomic E-state index is 0.441. The van der Waals surface area contributed by atoms with Crippen molar-refractivity contribution in [2.45, 2.75) is 0 Å². The zero-order valence-corrected chi connectivity index (χ0v) is 12.9. The number of rotatable bonds is 3. The van der Waals surface area contributed by atoms with Crippen LogP contribution in [0.5, 0.6) is 0 Å². The first-order chi connectivity index (χ1) is 12.3. The zero-order valence-electron chi connectivity index (χ0n) is 12.9. The number of fused-ring (bicyclic) bond motifs is 1. The topological polar surface area (TPSA) is 106 Å². The van der Waals surface area contributed by atoms with E-state index in [9.17, 15) is 5.26 Å². The third-order valence-electron chi connectivity index (χ3n) is 3.74. The number of nitriles is 2. The van der Waals surface area contributed by atoms with Crippen LogP contribution in [0.15, 0.2) is 54.9 Å². The second kappa shape index (κ2) is 5.84. The van der Waals surface area contributed by atoms with E-state index in [0.717, 1.165) is 5.69 Å². The molecule has 0 saturated heterocycles. The van der Waals surface area contributed by atoms with Crippen LogP contribution in [0.1, 0.15) is 11.1 Å². The van der Waals surface area contributed by atoms with E-state index in [1.807, 2.05) is 24.3 Å². The Bertz CT molecular complexity index is 1140. The standard InChI is InChI=1S/C18H11N7/c19-9-12-4-3-5-14(8-12)23-18-16(15-6-1-2-7-21-15)24-17-13(10-20)11-22-25(17)18/h1-8,11,22-23H. The summed E-state index contributed by atoms with van der Waals surface area (Å²) >= 11 is 0. The summed E-state index contributed by atoms with van der Waals surface area (Å²) in [6, 6.07) is 16.9. The average Bonchev–Trinajstić information content (AvgIpc) is 3.22. The van der Waals surface area contributed by atoms with Crippen LogP contribution in [0.2, 0.25) is 0 Å². The number of anilines is 2. The van der Waals surface area contributed by atoms with Crippen molar-refractivity contribution in [2.75, 3.05) is 5.32 Å². The third-order valence-corrected chi connectivity index (χ3v) is 3.74. The van der Waals surface area contributed by atoms with Gasteiger partial charge in [-0.3, -0.25) is 10.1 Å². The van der Waals surface area contributed by atoms with Gasteiger partial charge in [-0.15, -0.1) is 0 Å². The largest absolute Gasteiger partial charge is 0.338 e. The molecule has 25 heavy (non-hydrogen) atoms. The van der Waals surface area contributed by atoms with Crippen molar-refractivity contribution in [1.29, 1.82) is 10.5 Å². The summed E-state index contributed by atoms with van der Waals surface area (Å²) in [5, 5.41) is 24.6. The number of hydrogen-bond acceptors (Lipinski definition) is 5. The predicted molar refractivity (Wildman–Crippen MR) is 91.9 cm³/mol. The Labute approximate surface area is 142 Å². The second-order valence-corrected chi connectivity index (χ2v) is 5.30. The summed E-state index contributed by atoms with van der Waals surface area (Å²) in [5.74, 6) is 0.644. The van der Waals surface area contributed by atoms with Crippen LogP contribution in [0.4, 0.5) is 11.5 Å². The quantitative estimate of drug-likeness (QED) is 0.601. The first-order valence-electron chi connectivity index (χ1n) is 7.48. The molecule has 0 amide bonds. The summed E-state index contributed by atoms with van der Waals surface area (Å²) in [6.07, 6.45) is 3.29. The lowest BCUT2D eigenvalue weighted by Crippen LogP contribution is -1.98. The Morgan fingerprint density at radius 1 is 1.08 bits per heavy atom. The molecule has 0 atom stereocenters. The van der Waals surface area contributed by atoms with E-state index < -0.39 is 0 Å². The van der Waals surface area contributed by atoms with Gasteiger partial charge in [-0.05, 0) is 30.3 Å². The molecule has 0 aliphatic rings. The minimum atomic E-state index is 0.441. The van der Waals surface area contributed by atoms with E-state index in [1.54, 1.807) is 35.1 Å². The van der Waals surface area contributed by atoms with Crippen molar-refractivity contribution in [3.8, 4) is 23.5 Å². The number of pyridine rings is 1. The maximum atomic E-state index is 9.26. The molecule has 7 nitrogen and oxygen atoms in total. The lowest BCUT2D eigenvalue weighted by molar-refractivity contribution is 0.980. The van der Waals surface area contributed by atoms with Gasteiger partial charge >= 0.3 is 0 Å². The van der Waals surface area contributed by atoms with Gasteiger partial charge in [-0.1, -0.05) is 12.1 Å². The molecule has 4 rings (SSSR count). The number of nitrogens with zero attached hydrogens (tertiary/aromatic N) is 5. The van der Waals surface area contributed by atoms with Crippen molar-refractivity contribution in [3.63, 3.8) is 0 Å². The van der Waals surface area contributed by atoms with E-state index in [4.69, 9.17) is 5.26 Å². The van der Waals surface area contributed by atoms with Gasteiger partial charge in [-0.2, -0.15) is 10.5 Å². The van der Waals surface area contributed by atoms with Crippen molar-refractivity contribution in [2.24, 2.45) is 0 Å². The molecule has 7 heteroatoms. The number of hydrogen-bond donors (Lipinski definition) is 2. The summed E-state index contributed by atoms with van der Waals surface area (Å²) < 4.78 is 1.70. The number of benzene rings is 1. The van der Waals surface area contributed by atoms with Gasteiger partial charge < -0.3 is 5.32 Å². The second-order valence-electron chi connectivity index (χ2n) is 5.30. The van der Waals surface area contributed by atoms with Gasteiger partial charge in [0.05, 0.1) is 17.3 Å². The molecule has 3 heterocycles. The number of H-pyrrole nitrogens is 1. The van der Waals surface area contributed by atoms with Crippen molar-refractivity contribution < 1.29 is 0 Å². The van der Waals surface area contributed by atoms with Crippen molar-refractivity contribution in [1.82, 2.24) is 19.6 Å². The van der Waals surface area contributed by atoms with Crippen molar-refractivity contribution >= 4 is 17.2 Å². The maximum absolute atomic E-state index is 9.26. The molecular formula is C18H11N7. The van der Waals surface area contributed by atoms with Crippen molar-refractivity contribution in [3.05, 3.63) is 66.0 Å². The van der Waals surface area contributed by atoms with Gasteiger partial charge in [0.2, 0.25) is 0 Å². The fraction of sp³-hybridized carbons (Fsp3) is 0. The van der Waals surface area contributed by atoms with E-state index in [2.05, 4.69) is 32.5 Å². The lowest BCUT2D eigenvalue weighted by atomic mass is 10.2. The van der Waals surface area contributed by atoms with E-state index >= 15 is 0 Å². The smallest absolute Gasteiger partial charge is 0.173 e. The molecule has 0 unspecified atom stereocenters. The Morgan fingerprint density at radius 2 is 2.00 bits per heavy atom. The molecule has 0 aliphatic heterocycles. The van der Waals surface area contributed by atoms with Crippen LogP contribution < -0.4 is 5.32 Å². The summed E-state index contributed by atoms with van der Waals surface area (Å²) in [6.45, 7) is 0. The van der Waals surface area contributed by atoms with Crippen LogP contribution in [0.3, 0.4) is 0 Å². The fourth-order valence-electron chi connectivity index (χ4n) is 2.60. The normalized spacial score (nSPS) is 10.3.